The van der Waals surface area contributed by atoms with E-state index in [9.17, 15) is 14.4 Å². The maximum atomic E-state index is 13.8. The van der Waals surface area contributed by atoms with Gasteiger partial charge in [0.2, 0.25) is 0 Å². The van der Waals surface area contributed by atoms with Crippen molar-refractivity contribution in [3.63, 3.8) is 0 Å². The molecule has 0 radical (unpaired) electrons. The normalized spacial score (nSPS) is 15.0. The number of pyridine rings is 1. The Hall–Kier alpha value is -4.97. The zero-order chi connectivity index (χ0) is 29.3. The number of hydrogen-bond acceptors (Lipinski definition) is 7. The van der Waals surface area contributed by atoms with Crippen molar-refractivity contribution in [1.82, 2.24) is 24.8 Å². The lowest BCUT2D eigenvalue weighted by Crippen LogP contribution is -2.34. The Balaban J connectivity index is 1.47. The Bertz CT molecular complexity index is 1660. The maximum Gasteiger partial charge on any atom is 0.353 e. The summed E-state index contributed by atoms with van der Waals surface area (Å²) in [6.45, 7) is 4.42. The molecule has 3 heterocycles. The number of nitrogens with zero attached hydrogens (tertiary/aromatic N) is 6. The van der Waals surface area contributed by atoms with Gasteiger partial charge in [0.25, 0.3) is 5.91 Å². The Morgan fingerprint density at radius 3 is 2.51 bits per heavy atom. The van der Waals surface area contributed by atoms with Gasteiger partial charge in [-0.25, -0.2) is 29.3 Å². The van der Waals surface area contributed by atoms with Gasteiger partial charge in [-0.3, -0.25) is 19.4 Å². The fourth-order valence-corrected chi connectivity index (χ4v) is 5.15. The fourth-order valence-electron chi connectivity index (χ4n) is 5.15. The summed E-state index contributed by atoms with van der Waals surface area (Å²) in [5, 5.41) is 4.10. The van der Waals surface area contributed by atoms with Crippen LogP contribution in [0, 0.1) is 0 Å². The van der Waals surface area contributed by atoms with Crippen LogP contribution in [0.1, 0.15) is 29.8 Å². The van der Waals surface area contributed by atoms with Crippen LogP contribution < -0.4 is 25.7 Å². The first kappa shape index (κ1) is 27.6. The average molecular weight is 558 g/mol. The van der Waals surface area contributed by atoms with Crippen LogP contribution in [-0.4, -0.2) is 58.1 Å². The summed E-state index contributed by atoms with van der Waals surface area (Å²) in [6, 6.07) is 16.1. The third-order valence-electron chi connectivity index (χ3n) is 7.06. The molecule has 4 aromatic rings. The Labute approximate surface area is 236 Å². The summed E-state index contributed by atoms with van der Waals surface area (Å²) in [6.07, 6.45) is 2.34. The number of carbonyl (C=O) groups excluding carboxylic acids is 2. The minimum atomic E-state index is -0.397. The first-order valence-electron chi connectivity index (χ1n) is 13.1. The topological polar surface area (TPSA) is 124 Å². The van der Waals surface area contributed by atoms with E-state index in [0.29, 0.717) is 35.7 Å². The van der Waals surface area contributed by atoms with E-state index in [4.69, 9.17) is 9.57 Å². The van der Waals surface area contributed by atoms with Gasteiger partial charge in [0.05, 0.1) is 25.9 Å². The second-order valence-corrected chi connectivity index (χ2v) is 9.59. The highest BCUT2D eigenvalue weighted by Gasteiger charge is 2.38. The van der Waals surface area contributed by atoms with Gasteiger partial charge in [0.15, 0.2) is 0 Å². The molecule has 41 heavy (non-hydrogen) atoms. The molecule has 212 valence electrons. The number of benzene rings is 2. The molecule has 0 aliphatic carbocycles. The molecule has 1 fully saturated rings. The third kappa shape index (κ3) is 4.93. The minimum absolute atomic E-state index is 0.162. The van der Waals surface area contributed by atoms with Crippen LogP contribution in [0.4, 0.5) is 16.3 Å². The number of hydrogen-bond donors (Lipinski definition) is 1. The van der Waals surface area contributed by atoms with Gasteiger partial charge >= 0.3 is 17.7 Å². The third-order valence-corrected chi connectivity index (χ3v) is 7.06. The number of rotatable bonds is 8. The number of hydroxylamine groups is 1. The van der Waals surface area contributed by atoms with Gasteiger partial charge in [-0.05, 0) is 60.9 Å². The molecule has 1 aliphatic heterocycles. The summed E-state index contributed by atoms with van der Waals surface area (Å²) >= 11 is 0. The van der Waals surface area contributed by atoms with Crippen LogP contribution in [0.15, 0.2) is 65.6 Å². The van der Waals surface area contributed by atoms with Crippen LogP contribution in [0.3, 0.4) is 0 Å². The smallest absolute Gasteiger partial charge is 0.353 e. The number of aryl methyl sites for hydroxylation is 1. The minimum Gasteiger partial charge on any atom is -0.467 e. The Morgan fingerprint density at radius 2 is 1.83 bits per heavy atom. The lowest BCUT2D eigenvalue weighted by atomic mass is 9.98. The molecule has 3 amide bonds. The molecule has 1 saturated heterocycles. The first-order chi connectivity index (χ1) is 19.8. The number of amides is 3. The summed E-state index contributed by atoms with van der Waals surface area (Å²) in [4.78, 5) is 51.3. The monoisotopic (exact) mass is 557 g/mol. The van der Waals surface area contributed by atoms with Gasteiger partial charge in [0.1, 0.15) is 5.82 Å². The van der Waals surface area contributed by atoms with E-state index in [2.05, 4.69) is 15.6 Å². The number of urea groups is 1. The van der Waals surface area contributed by atoms with E-state index in [1.165, 1.54) is 23.5 Å². The molecule has 2 aromatic carbocycles. The van der Waals surface area contributed by atoms with Crippen LogP contribution in [0.25, 0.3) is 16.8 Å². The SMILES string of the molecule is CCc1c(-c2ccc(-n3c(OC)nn(C)c3=O)cc2)ccnc1N1C[C@H](C)N(c2cccc(C(=O)NOC)c2)C1=O. The highest BCUT2D eigenvalue weighted by molar-refractivity contribution is 6.07. The highest BCUT2D eigenvalue weighted by atomic mass is 16.6. The molecule has 0 bridgehead atoms. The van der Waals surface area contributed by atoms with Gasteiger partial charge < -0.3 is 4.74 Å². The zero-order valence-electron chi connectivity index (χ0n) is 23.5. The Kier molecular flexibility index (Phi) is 7.58. The largest absolute Gasteiger partial charge is 0.467 e. The zero-order valence-corrected chi connectivity index (χ0v) is 23.5. The molecule has 12 heteroatoms. The molecule has 0 spiro atoms. The summed E-state index contributed by atoms with van der Waals surface area (Å²) < 4.78 is 7.89. The van der Waals surface area contributed by atoms with Gasteiger partial charge in [-0.15, -0.1) is 5.10 Å². The van der Waals surface area contributed by atoms with Gasteiger partial charge in [0, 0.05) is 36.6 Å². The van der Waals surface area contributed by atoms with E-state index < -0.39 is 5.91 Å². The molecular weight excluding hydrogens is 526 g/mol. The van der Waals surface area contributed by atoms with E-state index >= 15 is 0 Å². The molecule has 5 rings (SSSR count). The summed E-state index contributed by atoms with van der Waals surface area (Å²) in [5.41, 5.74) is 6.38. The predicted octanol–water partition coefficient (Wildman–Crippen LogP) is 3.33. The standard InChI is InChI=1S/C29H31N7O5/c1-6-23-24(19-10-12-21(13-11-19)36-27(40-4)31-33(3)28(36)38)14-15-30-25(23)34-17-18(2)35(29(34)39)22-9-7-8-20(16-22)26(37)32-41-5/h7-16,18H,6,17H2,1-5H3,(H,32,37)/t18-/m0/s1. The van der Waals surface area contributed by atoms with Gasteiger partial charge in [-0.1, -0.05) is 25.1 Å². The second-order valence-electron chi connectivity index (χ2n) is 9.59. The number of aromatic nitrogens is 4. The number of ether oxygens (including phenoxy) is 1. The molecule has 1 atom stereocenters. The van der Waals surface area contributed by atoms with Crippen molar-refractivity contribution in [2.45, 2.75) is 26.3 Å². The quantitative estimate of drug-likeness (QED) is 0.330. The van der Waals surface area contributed by atoms with Crippen molar-refractivity contribution in [3.05, 3.63) is 82.4 Å². The van der Waals surface area contributed by atoms with E-state index in [0.717, 1.165) is 16.7 Å². The molecular formula is C29H31N7O5. The molecule has 0 saturated carbocycles. The van der Waals surface area contributed by atoms with E-state index in [1.54, 1.807) is 47.3 Å². The number of nitrogens with one attached hydrogen (secondary N) is 1. The lowest BCUT2D eigenvalue weighted by Gasteiger charge is -2.22. The van der Waals surface area contributed by atoms with Crippen LogP contribution >= 0.6 is 0 Å². The summed E-state index contributed by atoms with van der Waals surface area (Å²) in [7, 11) is 4.40. The second kappa shape index (κ2) is 11.3. The van der Waals surface area contributed by atoms with Crippen molar-refractivity contribution in [2.75, 3.05) is 30.6 Å². The van der Waals surface area contributed by atoms with Crippen molar-refractivity contribution in [3.8, 4) is 22.8 Å². The van der Waals surface area contributed by atoms with E-state index in [-0.39, 0.29) is 23.8 Å². The highest BCUT2D eigenvalue weighted by Crippen LogP contribution is 2.35. The summed E-state index contributed by atoms with van der Waals surface area (Å²) in [5.74, 6) is 0.192. The molecule has 1 aliphatic rings. The molecule has 0 unspecified atom stereocenters. The molecule has 2 aromatic heterocycles. The van der Waals surface area contributed by atoms with Crippen molar-refractivity contribution in [1.29, 1.82) is 0 Å². The van der Waals surface area contributed by atoms with Crippen molar-refractivity contribution < 1.29 is 19.2 Å². The van der Waals surface area contributed by atoms with E-state index in [1.807, 2.05) is 44.2 Å². The number of anilines is 2. The average Bonchev–Trinajstić information content (AvgIpc) is 3.45. The van der Waals surface area contributed by atoms with Crippen molar-refractivity contribution >= 4 is 23.4 Å². The lowest BCUT2D eigenvalue weighted by molar-refractivity contribution is 0.0537. The fraction of sp³-hybridized carbons (Fsp3) is 0.276. The Morgan fingerprint density at radius 1 is 1.07 bits per heavy atom. The first-order valence-corrected chi connectivity index (χ1v) is 13.1. The number of methoxy groups -OCH3 is 1. The van der Waals surface area contributed by atoms with Crippen molar-refractivity contribution in [2.24, 2.45) is 7.05 Å². The van der Waals surface area contributed by atoms with Crippen LogP contribution in [0.2, 0.25) is 0 Å². The maximum absolute atomic E-state index is 13.8. The molecule has 12 nitrogen and oxygen atoms in total. The van der Waals surface area contributed by atoms with Crippen LogP contribution in [-0.2, 0) is 18.3 Å². The predicted molar refractivity (Wildman–Crippen MR) is 154 cm³/mol. The molecule has 1 N–H and O–H groups in total. The van der Waals surface area contributed by atoms with Crippen LogP contribution in [0.5, 0.6) is 6.01 Å². The van der Waals surface area contributed by atoms with Gasteiger partial charge in [-0.2, -0.15) is 0 Å². The number of carbonyl (C=O) groups is 2.